The van der Waals surface area contributed by atoms with Gasteiger partial charge in [-0.1, -0.05) is 72.4 Å². The molecule has 3 rings (SSSR count). The summed E-state index contributed by atoms with van der Waals surface area (Å²) < 4.78 is 0. The molecule has 1 aromatic heterocycles. The number of hydrogen-bond acceptors (Lipinski definition) is 4. The fourth-order valence-corrected chi connectivity index (χ4v) is 3.63. The van der Waals surface area contributed by atoms with Crippen LogP contribution in [0.25, 0.3) is 0 Å². The molecule has 0 radical (unpaired) electrons. The Morgan fingerprint density at radius 1 is 1.00 bits per heavy atom. The van der Waals surface area contributed by atoms with Crippen LogP contribution in [0.4, 0.5) is 0 Å². The predicted molar refractivity (Wildman–Crippen MR) is 117 cm³/mol. The number of nitrogens with one attached hydrogen (secondary N) is 1. The van der Waals surface area contributed by atoms with E-state index >= 15 is 0 Å². The molecule has 0 saturated carbocycles. The zero-order valence-corrected chi connectivity index (χ0v) is 17.5. The molecule has 1 amide bonds. The van der Waals surface area contributed by atoms with Crippen molar-refractivity contribution in [3.63, 3.8) is 0 Å². The van der Waals surface area contributed by atoms with Gasteiger partial charge >= 0.3 is 0 Å². The van der Waals surface area contributed by atoms with E-state index in [9.17, 15) is 9.59 Å². The molecule has 1 N–H and O–H groups in total. The van der Waals surface area contributed by atoms with E-state index in [0.29, 0.717) is 35.9 Å². The van der Waals surface area contributed by atoms with Crippen molar-refractivity contribution in [2.24, 2.45) is 0 Å². The Morgan fingerprint density at radius 3 is 2.03 bits per heavy atom. The smallest absolute Gasteiger partial charge is 0.254 e. The van der Waals surface area contributed by atoms with Crippen LogP contribution in [0.15, 0.2) is 70.6 Å². The standard InChI is InChI=1S/C23H25N3O2S/c1-17-20(22(28)25-23(24-17)29-2)13-14-21(27)26(15-18-9-5-3-6-10-18)16-19-11-7-4-8-12-19/h3-12H,13-16H2,1-2H3,(H,24,25,28). The van der Waals surface area contributed by atoms with Gasteiger partial charge in [0.1, 0.15) is 0 Å². The van der Waals surface area contributed by atoms with Gasteiger partial charge in [0.05, 0.1) is 0 Å². The quantitative estimate of drug-likeness (QED) is 0.453. The van der Waals surface area contributed by atoms with Gasteiger partial charge in [-0.25, -0.2) is 4.98 Å². The third kappa shape index (κ3) is 5.81. The number of thioether (sulfide) groups is 1. The Kier molecular flexibility index (Phi) is 7.25. The number of hydrogen-bond donors (Lipinski definition) is 1. The molecule has 1 heterocycles. The Balaban J connectivity index is 1.75. The van der Waals surface area contributed by atoms with Crippen LogP contribution in [0.5, 0.6) is 0 Å². The van der Waals surface area contributed by atoms with Gasteiger partial charge in [-0.15, -0.1) is 0 Å². The van der Waals surface area contributed by atoms with Crippen LogP contribution >= 0.6 is 11.8 Å². The van der Waals surface area contributed by atoms with Crippen LogP contribution in [0, 0.1) is 6.92 Å². The minimum absolute atomic E-state index is 0.0189. The molecule has 29 heavy (non-hydrogen) atoms. The highest BCUT2D eigenvalue weighted by atomic mass is 32.2. The number of nitrogens with zero attached hydrogens (tertiary/aromatic N) is 2. The van der Waals surface area contributed by atoms with E-state index in [-0.39, 0.29) is 17.9 Å². The van der Waals surface area contributed by atoms with E-state index in [1.807, 2.05) is 78.7 Å². The Labute approximate surface area is 175 Å². The second-order valence-corrected chi connectivity index (χ2v) is 7.66. The first kappa shape index (κ1) is 20.9. The molecular weight excluding hydrogens is 382 g/mol. The van der Waals surface area contributed by atoms with Crippen molar-refractivity contribution in [3.05, 3.63) is 93.4 Å². The highest BCUT2D eigenvalue weighted by Crippen LogP contribution is 2.14. The fourth-order valence-electron chi connectivity index (χ4n) is 3.21. The molecule has 6 heteroatoms. The third-order valence-electron chi connectivity index (χ3n) is 4.77. The van der Waals surface area contributed by atoms with E-state index in [1.165, 1.54) is 11.8 Å². The van der Waals surface area contributed by atoms with E-state index in [0.717, 1.165) is 11.1 Å². The normalized spacial score (nSPS) is 10.7. The average Bonchev–Trinajstić information content (AvgIpc) is 2.74. The predicted octanol–water partition coefficient (Wildman–Crippen LogP) is 3.96. The maximum atomic E-state index is 13.1. The molecule has 0 bridgehead atoms. The van der Waals surface area contributed by atoms with E-state index in [2.05, 4.69) is 9.97 Å². The summed E-state index contributed by atoms with van der Waals surface area (Å²) in [4.78, 5) is 34.4. The topological polar surface area (TPSA) is 66.1 Å². The summed E-state index contributed by atoms with van der Waals surface area (Å²) in [5, 5.41) is 0.595. The lowest BCUT2D eigenvalue weighted by Crippen LogP contribution is -2.31. The maximum absolute atomic E-state index is 13.1. The summed E-state index contributed by atoms with van der Waals surface area (Å²) in [6, 6.07) is 19.9. The van der Waals surface area contributed by atoms with Crippen LogP contribution in [0.3, 0.4) is 0 Å². The molecule has 0 aliphatic carbocycles. The van der Waals surface area contributed by atoms with Gasteiger partial charge in [-0.05, 0) is 30.7 Å². The lowest BCUT2D eigenvalue weighted by atomic mass is 10.1. The van der Waals surface area contributed by atoms with Crippen molar-refractivity contribution in [3.8, 4) is 0 Å². The molecule has 150 valence electrons. The highest BCUT2D eigenvalue weighted by molar-refractivity contribution is 7.98. The summed E-state index contributed by atoms with van der Waals surface area (Å²) >= 11 is 1.40. The second kappa shape index (κ2) is 10.1. The highest BCUT2D eigenvalue weighted by Gasteiger charge is 2.17. The van der Waals surface area contributed by atoms with Crippen LogP contribution in [0.1, 0.15) is 28.8 Å². The zero-order valence-electron chi connectivity index (χ0n) is 16.7. The maximum Gasteiger partial charge on any atom is 0.254 e. The van der Waals surface area contributed by atoms with Crippen molar-refractivity contribution in [1.82, 2.24) is 14.9 Å². The van der Waals surface area contributed by atoms with E-state index in [4.69, 9.17) is 0 Å². The largest absolute Gasteiger partial charge is 0.334 e. The summed E-state index contributed by atoms with van der Waals surface area (Å²) in [5.74, 6) is 0.0189. The number of benzene rings is 2. The molecule has 0 aliphatic rings. The number of aromatic nitrogens is 2. The lowest BCUT2D eigenvalue weighted by molar-refractivity contribution is -0.132. The first-order chi connectivity index (χ1) is 14.1. The number of carbonyl (C=O) groups is 1. The lowest BCUT2D eigenvalue weighted by Gasteiger charge is -2.23. The number of aryl methyl sites for hydroxylation is 1. The van der Waals surface area contributed by atoms with Crippen LogP contribution in [0.2, 0.25) is 0 Å². The van der Waals surface area contributed by atoms with Crippen LogP contribution in [-0.2, 0) is 24.3 Å². The molecule has 0 unspecified atom stereocenters. The van der Waals surface area contributed by atoms with Crippen molar-refractivity contribution in [1.29, 1.82) is 0 Å². The van der Waals surface area contributed by atoms with Gasteiger partial charge in [0.25, 0.3) is 5.56 Å². The number of amides is 1. The number of carbonyl (C=O) groups excluding carboxylic acids is 1. The van der Waals surface area contributed by atoms with Crippen molar-refractivity contribution in [2.75, 3.05) is 6.26 Å². The molecule has 5 nitrogen and oxygen atoms in total. The molecule has 0 fully saturated rings. The van der Waals surface area contributed by atoms with Gasteiger partial charge in [-0.2, -0.15) is 0 Å². The SMILES string of the molecule is CSc1nc(C)c(CCC(=O)N(Cc2ccccc2)Cc2ccccc2)c(=O)[nH]1. The van der Waals surface area contributed by atoms with Gasteiger partial charge in [-0.3, -0.25) is 9.59 Å². The average molecular weight is 408 g/mol. The van der Waals surface area contributed by atoms with Gasteiger partial charge < -0.3 is 9.88 Å². The summed E-state index contributed by atoms with van der Waals surface area (Å²) in [6.45, 7) is 2.89. The molecule has 2 aromatic carbocycles. The number of aromatic amines is 1. The van der Waals surface area contributed by atoms with Gasteiger partial charge in [0.15, 0.2) is 5.16 Å². The van der Waals surface area contributed by atoms with Crippen LogP contribution < -0.4 is 5.56 Å². The minimum atomic E-state index is -0.160. The third-order valence-corrected chi connectivity index (χ3v) is 5.35. The summed E-state index contributed by atoms with van der Waals surface area (Å²) in [7, 11) is 0. The van der Waals surface area contributed by atoms with Gasteiger partial charge in [0.2, 0.25) is 5.91 Å². The second-order valence-electron chi connectivity index (χ2n) is 6.86. The molecular formula is C23H25N3O2S. The molecule has 0 spiro atoms. The molecule has 0 aliphatic heterocycles. The molecule has 0 saturated heterocycles. The molecule has 3 aromatic rings. The first-order valence-electron chi connectivity index (χ1n) is 9.56. The van der Waals surface area contributed by atoms with Crippen molar-refractivity contribution >= 4 is 17.7 Å². The van der Waals surface area contributed by atoms with Crippen molar-refractivity contribution in [2.45, 2.75) is 38.0 Å². The fraction of sp³-hybridized carbons (Fsp3) is 0.261. The Bertz CT molecular complexity index is 962. The monoisotopic (exact) mass is 407 g/mol. The first-order valence-corrected chi connectivity index (χ1v) is 10.8. The van der Waals surface area contributed by atoms with Gasteiger partial charge in [0, 0.05) is 30.8 Å². The zero-order chi connectivity index (χ0) is 20.6. The van der Waals surface area contributed by atoms with E-state index in [1.54, 1.807) is 0 Å². The number of rotatable bonds is 8. The number of H-pyrrole nitrogens is 1. The Morgan fingerprint density at radius 2 is 1.55 bits per heavy atom. The van der Waals surface area contributed by atoms with E-state index < -0.39 is 0 Å². The minimum Gasteiger partial charge on any atom is -0.334 e. The Hall–Kier alpha value is -2.86. The van der Waals surface area contributed by atoms with Crippen molar-refractivity contribution < 1.29 is 4.79 Å². The molecule has 0 atom stereocenters. The summed E-state index contributed by atoms with van der Waals surface area (Å²) in [6.07, 6.45) is 2.51. The summed E-state index contributed by atoms with van der Waals surface area (Å²) in [5.41, 5.74) is 3.26. The van der Waals surface area contributed by atoms with Crippen LogP contribution in [-0.4, -0.2) is 27.0 Å².